The lowest BCUT2D eigenvalue weighted by atomic mass is 10.1. The molecule has 0 aliphatic carbocycles. The molecule has 0 unspecified atom stereocenters. The van der Waals surface area contributed by atoms with Crippen LogP contribution in [0.3, 0.4) is 0 Å². The zero-order chi connectivity index (χ0) is 21.6. The highest BCUT2D eigenvalue weighted by molar-refractivity contribution is 9.10. The molecule has 9 nitrogen and oxygen atoms in total. The summed E-state index contributed by atoms with van der Waals surface area (Å²) in [5.41, 5.74) is 6.12. The molecular formula is C19H27BrN6O3. The van der Waals surface area contributed by atoms with E-state index in [1.54, 1.807) is 33.0 Å². The van der Waals surface area contributed by atoms with Crippen molar-refractivity contribution in [1.82, 2.24) is 20.3 Å². The van der Waals surface area contributed by atoms with Gasteiger partial charge < -0.3 is 25.8 Å². The molecule has 2 aromatic rings. The number of nitrogens with zero attached hydrogens (tertiary/aromatic N) is 3. The molecule has 2 heterocycles. The molecule has 29 heavy (non-hydrogen) atoms. The Morgan fingerprint density at radius 1 is 1.21 bits per heavy atom. The molecule has 0 spiro atoms. The largest absolute Gasteiger partial charge is 0.451 e. The number of nitrogens with one attached hydrogen (secondary N) is 2. The van der Waals surface area contributed by atoms with E-state index in [1.165, 1.54) is 6.20 Å². The molecule has 0 fully saturated rings. The molecule has 0 bridgehead atoms. The van der Waals surface area contributed by atoms with Gasteiger partial charge in [0.15, 0.2) is 11.6 Å². The maximum absolute atomic E-state index is 11.7. The van der Waals surface area contributed by atoms with Gasteiger partial charge >= 0.3 is 6.09 Å². The number of amides is 1. The summed E-state index contributed by atoms with van der Waals surface area (Å²) in [6.45, 7) is 10.2. The van der Waals surface area contributed by atoms with Gasteiger partial charge in [0.25, 0.3) is 0 Å². The van der Waals surface area contributed by atoms with Crippen LogP contribution in [0.5, 0.6) is 11.5 Å². The number of hydrogen-bond donors (Lipinski definition) is 3. The van der Waals surface area contributed by atoms with Crippen molar-refractivity contribution >= 4 is 33.8 Å². The summed E-state index contributed by atoms with van der Waals surface area (Å²) in [6, 6.07) is 1.79. The van der Waals surface area contributed by atoms with Crippen molar-refractivity contribution in [3.63, 3.8) is 0 Å². The molecule has 0 radical (unpaired) electrons. The first-order chi connectivity index (χ1) is 13.5. The average Bonchev–Trinajstić information content (AvgIpc) is 2.59. The highest BCUT2D eigenvalue weighted by Crippen LogP contribution is 2.34. The van der Waals surface area contributed by atoms with E-state index in [2.05, 4.69) is 55.4 Å². The van der Waals surface area contributed by atoms with Gasteiger partial charge in [0.05, 0.1) is 6.20 Å². The maximum Gasteiger partial charge on any atom is 0.407 e. The van der Waals surface area contributed by atoms with E-state index >= 15 is 0 Å². The molecule has 158 valence electrons. The third-order valence-corrected chi connectivity index (χ3v) is 4.00. The van der Waals surface area contributed by atoms with Crippen LogP contribution in [0.25, 0.3) is 0 Å². The van der Waals surface area contributed by atoms with E-state index in [0.29, 0.717) is 35.0 Å². The fourth-order valence-corrected chi connectivity index (χ4v) is 2.62. The van der Waals surface area contributed by atoms with Crippen LogP contribution in [0.4, 0.5) is 16.6 Å². The van der Waals surface area contributed by atoms with Gasteiger partial charge in [-0.3, -0.25) is 0 Å². The minimum atomic E-state index is -0.549. The Balaban J connectivity index is 2.07. The second kappa shape index (κ2) is 9.73. The lowest BCUT2D eigenvalue weighted by molar-refractivity contribution is 0.0530. The number of ether oxygens (including phenoxy) is 2. The Morgan fingerprint density at radius 3 is 2.59 bits per heavy atom. The lowest BCUT2D eigenvalue weighted by Crippen LogP contribution is -2.35. The Morgan fingerprint density at radius 2 is 1.93 bits per heavy atom. The SMILES string of the molecule is CC(C)c1cnc(Br)cc1Oc1cnc(N)nc1NCCNC(=O)OC(C)(C)C. The average molecular weight is 467 g/mol. The topological polar surface area (TPSA) is 124 Å². The van der Waals surface area contributed by atoms with Gasteiger partial charge in [-0.2, -0.15) is 4.98 Å². The fraction of sp³-hybridized carbons (Fsp3) is 0.474. The van der Waals surface area contributed by atoms with Gasteiger partial charge in [0.2, 0.25) is 5.95 Å². The monoisotopic (exact) mass is 466 g/mol. The van der Waals surface area contributed by atoms with Crippen LogP contribution in [0, 0.1) is 0 Å². The maximum atomic E-state index is 11.7. The van der Waals surface area contributed by atoms with E-state index < -0.39 is 11.7 Å². The van der Waals surface area contributed by atoms with Gasteiger partial charge in [-0.25, -0.2) is 14.8 Å². The predicted octanol–water partition coefficient (Wildman–Crippen LogP) is 4.07. The Labute approximate surface area is 178 Å². The van der Waals surface area contributed by atoms with Crippen LogP contribution in [-0.4, -0.2) is 39.7 Å². The minimum Gasteiger partial charge on any atom is -0.451 e. The van der Waals surface area contributed by atoms with Crippen molar-refractivity contribution in [3.05, 3.63) is 28.6 Å². The van der Waals surface area contributed by atoms with E-state index in [4.69, 9.17) is 15.2 Å². The zero-order valence-corrected chi connectivity index (χ0v) is 18.8. The molecule has 0 aromatic carbocycles. The van der Waals surface area contributed by atoms with Crippen LogP contribution >= 0.6 is 15.9 Å². The zero-order valence-electron chi connectivity index (χ0n) is 17.2. The van der Waals surface area contributed by atoms with Gasteiger partial charge in [0, 0.05) is 30.9 Å². The number of nitrogens with two attached hydrogens (primary N) is 1. The smallest absolute Gasteiger partial charge is 0.407 e. The summed E-state index contributed by atoms with van der Waals surface area (Å²) in [7, 11) is 0. The van der Waals surface area contributed by atoms with Gasteiger partial charge in [-0.1, -0.05) is 13.8 Å². The summed E-state index contributed by atoms with van der Waals surface area (Å²) in [5.74, 6) is 1.81. The predicted molar refractivity (Wildman–Crippen MR) is 115 cm³/mol. The first-order valence-electron chi connectivity index (χ1n) is 9.21. The standard InChI is InChI=1S/C19H27BrN6O3/c1-11(2)12-9-24-15(20)8-13(12)28-14-10-25-17(21)26-16(14)22-6-7-23-18(27)29-19(3,4)5/h8-11H,6-7H2,1-5H3,(H,23,27)(H3,21,22,25,26). The number of hydrogen-bond acceptors (Lipinski definition) is 8. The summed E-state index contributed by atoms with van der Waals surface area (Å²) >= 11 is 3.36. The quantitative estimate of drug-likeness (QED) is 0.411. The van der Waals surface area contributed by atoms with Gasteiger partial charge in [0.1, 0.15) is 16.0 Å². The van der Waals surface area contributed by atoms with Crippen molar-refractivity contribution in [2.75, 3.05) is 24.1 Å². The summed E-state index contributed by atoms with van der Waals surface area (Å²) in [6.07, 6.45) is 2.78. The Hall–Kier alpha value is -2.62. The number of alkyl carbamates (subject to hydrolysis) is 1. The normalized spacial score (nSPS) is 11.3. The number of aromatic nitrogens is 3. The van der Waals surface area contributed by atoms with Crippen molar-refractivity contribution in [1.29, 1.82) is 0 Å². The first kappa shape index (κ1) is 22.7. The fourth-order valence-electron chi connectivity index (χ4n) is 2.31. The van der Waals surface area contributed by atoms with E-state index in [9.17, 15) is 4.79 Å². The van der Waals surface area contributed by atoms with Crippen molar-refractivity contribution < 1.29 is 14.3 Å². The second-order valence-electron chi connectivity index (χ2n) is 7.60. The van der Waals surface area contributed by atoms with Crippen molar-refractivity contribution in [2.24, 2.45) is 0 Å². The van der Waals surface area contributed by atoms with Gasteiger partial charge in [-0.05, 0) is 42.6 Å². The molecule has 2 rings (SSSR count). The molecular weight excluding hydrogens is 440 g/mol. The third-order valence-electron chi connectivity index (χ3n) is 3.56. The molecule has 0 saturated carbocycles. The van der Waals surface area contributed by atoms with Gasteiger partial charge in [-0.15, -0.1) is 0 Å². The molecule has 0 saturated heterocycles. The molecule has 1 amide bonds. The number of anilines is 2. The Bertz CT molecular complexity index is 854. The third kappa shape index (κ3) is 7.37. The number of halogens is 1. The van der Waals surface area contributed by atoms with E-state index in [0.717, 1.165) is 5.56 Å². The molecule has 0 aliphatic rings. The number of pyridine rings is 1. The van der Waals surface area contributed by atoms with E-state index in [1.807, 2.05) is 0 Å². The molecule has 10 heteroatoms. The highest BCUT2D eigenvalue weighted by atomic mass is 79.9. The Kier molecular flexibility index (Phi) is 7.60. The van der Waals surface area contributed by atoms with E-state index in [-0.39, 0.29) is 11.9 Å². The number of carbonyl (C=O) groups is 1. The van der Waals surface area contributed by atoms with Crippen molar-refractivity contribution in [2.45, 2.75) is 46.1 Å². The first-order valence-corrected chi connectivity index (χ1v) is 10.0. The highest BCUT2D eigenvalue weighted by Gasteiger charge is 2.16. The molecule has 0 aliphatic heterocycles. The number of nitrogen functional groups attached to an aromatic ring is 1. The summed E-state index contributed by atoms with van der Waals surface area (Å²) < 4.78 is 11.9. The van der Waals surface area contributed by atoms with Crippen LogP contribution in [0.2, 0.25) is 0 Å². The second-order valence-corrected chi connectivity index (χ2v) is 8.41. The number of carbonyl (C=O) groups excluding carboxylic acids is 1. The molecule has 0 atom stereocenters. The van der Waals surface area contributed by atoms with Crippen LogP contribution in [-0.2, 0) is 4.74 Å². The number of rotatable bonds is 7. The lowest BCUT2D eigenvalue weighted by Gasteiger charge is -2.20. The summed E-state index contributed by atoms with van der Waals surface area (Å²) in [4.78, 5) is 24.2. The van der Waals surface area contributed by atoms with Crippen LogP contribution < -0.4 is 21.1 Å². The summed E-state index contributed by atoms with van der Waals surface area (Å²) in [5, 5.41) is 5.77. The molecule has 2 aromatic heterocycles. The van der Waals surface area contributed by atoms with Crippen LogP contribution in [0.15, 0.2) is 23.1 Å². The molecule has 4 N–H and O–H groups in total. The van der Waals surface area contributed by atoms with Crippen molar-refractivity contribution in [3.8, 4) is 11.5 Å². The minimum absolute atomic E-state index is 0.111. The van der Waals surface area contributed by atoms with Crippen LogP contribution in [0.1, 0.15) is 46.1 Å².